The Morgan fingerprint density at radius 1 is 1.35 bits per heavy atom. The molecule has 1 heterocycles. The van der Waals surface area contributed by atoms with Gasteiger partial charge < -0.3 is 5.11 Å². The first-order chi connectivity index (χ1) is 9.45. The van der Waals surface area contributed by atoms with Crippen molar-refractivity contribution in [1.82, 2.24) is 4.90 Å². The second kappa shape index (κ2) is 5.96. The van der Waals surface area contributed by atoms with Gasteiger partial charge in [-0.2, -0.15) is 0 Å². The summed E-state index contributed by atoms with van der Waals surface area (Å²) >= 11 is 0. The van der Waals surface area contributed by atoms with Crippen molar-refractivity contribution in [1.29, 1.82) is 0 Å². The van der Waals surface area contributed by atoms with Crippen LogP contribution in [0.2, 0.25) is 0 Å². The molecule has 0 radical (unpaired) electrons. The largest absolute Gasteiger partial charge is 0.481 e. The molecule has 3 unspecified atom stereocenters. The van der Waals surface area contributed by atoms with Crippen LogP contribution in [0, 0.1) is 5.92 Å². The van der Waals surface area contributed by atoms with Crippen molar-refractivity contribution in [3.63, 3.8) is 0 Å². The van der Waals surface area contributed by atoms with Crippen LogP contribution in [-0.2, 0) is 10.2 Å². The van der Waals surface area contributed by atoms with E-state index in [-0.39, 0.29) is 0 Å². The molecular formula is C17H25NO2. The van der Waals surface area contributed by atoms with Crippen LogP contribution in [0.15, 0.2) is 30.3 Å². The third-order valence-electron chi connectivity index (χ3n) is 4.91. The summed E-state index contributed by atoms with van der Waals surface area (Å²) in [4.78, 5) is 14.2. The minimum atomic E-state index is -0.841. The zero-order chi connectivity index (χ0) is 14.8. The molecule has 0 aliphatic carbocycles. The van der Waals surface area contributed by atoms with Crippen LogP contribution in [0.3, 0.4) is 0 Å². The van der Waals surface area contributed by atoms with Crippen molar-refractivity contribution in [3.8, 4) is 0 Å². The Kier molecular flexibility index (Phi) is 4.48. The first-order valence-electron chi connectivity index (χ1n) is 7.48. The molecule has 0 spiro atoms. The average Bonchev–Trinajstić information content (AvgIpc) is 2.44. The molecule has 110 valence electrons. The molecule has 1 N–H and O–H groups in total. The van der Waals surface area contributed by atoms with Gasteiger partial charge in [-0.1, -0.05) is 37.3 Å². The molecule has 0 bridgehead atoms. The number of benzene rings is 1. The average molecular weight is 275 g/mol. The van der Waals surface area contributed by atoms with Crippen molar-refractivity contribution in [3.05, 3.63) is 35.9 Å². The van der Waals surface area contributed by atoms with E-state index < -0.39 is 11.4 Å². The van der Waals surface area contributed by atoms with Gasteiger partial charge in [-0.25, -0.2) is 0 Å². The number of rotatable bonds is 4. The van der Waals surface area contributed by atoms with Crippen LogP contribution in [-0.4, -0.2) is 35.1 Å². The maximum Gasteiger partial charge on any atom is 0.315 e. The monoisotopic (exact) mass is 275 g/mol. The van der Waals surface area contributed by atoms with Crippen molar-refractivity contribution in [2.24, 2.45) is 5.92 Å². The molecular weight excluding hydrogens is 250 g/mol. The Balaban J connectivity index is 2.24. The second-order valence-corrected chi connectivity index (χ2v) is 6.33. The predicted octanol–water partition coefficient (Wildman–Crippen LogP) is 3.15. The van der Waals surface area contributed by atoms with E-state index in [9.17, 15) is 9.90 Å². The Morgan fingerprint density at radius 3 is 2.60 bits per heavy atom. The molecule has 0 saturated carbocycles. The summed E-state index contributed by atoms with van der Waals surface area (Å²) in [5.74, 6) is -0.105. The molecule has 3 heteroatoms. The highest BCUT2D eigenvalue weighted by Gasteiger charge is 2.39. The van der Waals surface area contributed by atoms with Crippen LogP contribution < -0.4 is 0 Å². The van der Waals surface area contributed by atoms with Crippen LogP contribution in [0.5, 0.6) is 0 Å². The normalized spacial score (nSPS) is 26.9. The zero-order valence-electron chi connectivity index (χ0n) is 12.7. The number of likely N-dealkylation sites (tertiary alicyclic amines) is 1. The lowest BCUT2D eigenvalue weighted by molar-refractivity contribution is -0.144. The molecule has 0 amide bonds. The first kappa shape index (κ1) is 15.0. The Labute approximate surface area is 121 Å². The number of carboxylic acid groups (broad SMARTS) is 1. The lowest BCUT2D eigenvalue weighted by Gasteiger charge is -2.42. The van der Waals surface area contributed by atoms with Gasteiger partial charge in [-0.05, 0) is 44.7 Å². The minimum Gasteiger partial charge on any atom is -0.481 e. The molecule has 1 aliphatic rings. The summed E-state index contributed by atoms with van der Waals surface area (Å²) in [5, 5.41) is 9.74. The molecule has 0 aromatic heterocycles. The van der Waals surface area contributed by atoms with Crippen LogP contribution in [0.1, 0.15) is 39.2 Å². The number of hydrogen-bond donors (Lipinski definition) is 1. The maximum absolute atomic E-state index is 11.9. The highest BCUT2D eigenvalue weighted by atomic mass is 16.4. The minimum absolute atomic E-state index is 0.450. The zero-order valence-corrected chi connectivity index (χ0v) is 12.7. The Hall–Kier alpha value is -1.35. The summed E-state index contributed by atoms with van der Waals surface area (Å²) in [5.41, 5.74) is 0.0463. The van der Waals surface area contributed by atoms with Gasteiger partial charge in [0.05, 0.1) is 0 Å². The van der Waals surface area contributed by atoms with E-state index in [4.69, 9.17) is 0 Å². The lowest BCUT2D eigenvalue weighted by Crippen LogP contribution is -2.51. The fraction of sp³-hybridized carbons (Fsp3) is 0.588. The fourth-order valence-corrected chi connectivity index (χ4v) is 3.14. The fourth-order valence-electron chi connectivity index (χ4n) is 3.14. The van der Waals surface area contributed by atoms with Gasteiger partial charge in [0, 0.05) is 12.6 Å². The highest BCUT2D eigenvalue weighted by Crippen LogP contribution is 2.30. The van der Waals surface area contributed by atoms with Gasteiger partial charge in [0.1, 0.15) is 5.41 Å². The van der Waals surface area contributed by atoms with E-state index in [0.717, 1.165) is 18.5 Å². The number of piperidine rings is 1. The molecule has 3 nitrogen and oxygen atoms in total. The Bertz CT molecular complexity index is 459. The van der Waals surface area contributed by atoms with E-state index in [1.54, 1.807) is 0 Å². The highest BCUT2D eigenvalue weighted by molar-refractivity contribution is 5.81. The smallest absolute Gasteiger partial charge is 0.315 e. The van der Waals surface area contributed by atoms with Crippen molar-refractivity contribution < 1.29 is 9.90 Å². The molecule has 3 atom stereocenters. The summed E-state index contributed by atoms with van der Waals surface area (Å²) in [6.07, 6.45) is 2.41. The van der Waals surface area contributed by atoms with Crippen molar-refractivity contribution in [2.75, 3.05) is 13.1 Å². The lowest BCUT2D eigenvalue weighted by atomic mass is 9.80. The molecule has 1 aromatic rings. The predicted molar refractivity (Wildman–Crippen MR) is 80.9 cm³/mol. The van der Waals surface area contributed by atoms with Gasteiger partial charge in [-0.15, -0.1) is 0 Å². The van der Waals surface area contributed by atoms with Crippen molar-refractivity contribution in [2.45, 2.75) is 45.1 Å². The number of carbonyl (C=O) groups is 1. The second-order valence-electron chi connectivity index (χ2n) is 6.33. The number of carboxylic acids is 1. The third kappa shape index (κ3) is 2.88. The topological polar surface area (TPSA) is 40.5 Å². The summed E-state index contributed by atoms with van der Waals surface area (Å²) in [6.45, 7) is 7.91. The molecule has 1 saturated heterocycles. The van der Waals surface area contributed by atoms with Crippen LogP contribution in [0.4, 0.5) is 0 Å². The van der Waals surface area contributed by atoms with Gasteiger partial charge in [0.25, 0.3) is 0 Å². The van der Waals surface area contributed by atoms with Crippen LogP contribution in [0.25, 0.3) is 0 Å². The standard InChI is InChI=1S/C17H25NO2/c1-13-8-7-11-18(14(13)2)12-17(3,16(19)20)15-9-5-4-6-10-15/h4-6,9-10,13-14H,7-8,11-12H2,1-3H3,(H,19,20). The Morgan fingerprint density at radius 2 is 2.00 bits per heavy atom. The van der Waals surface area contributed by atoms with E-state index in [0.29, 0.717) is 18.5 Å². The van der Waals surface area contributed by atoms with E-state index in [2.05, 4.69) is 18.7 Å². The van der Waals surface area contributed by atoms with Gasteiger partial charge in [0.15, 0.2) is 0 Å². The van der Waals surface area contributed by atoms with E-state index in [1.807, 2.05) is 37.3 Å². The molecule has 1 aromatic carbocycles. The van der Waals surface area contributed by atoms with Gasteiger partial charge >= 0.3 is 5.97 Å². The van der Waals surface area contributed by atoms with Crippen molar-refractivity contribution >= 4 is 5.97 Å². The third-order valence-corrected chi connectivity index (χ3v) is 4.91. The molecule has 20 heavy (non-hydrogen) atoms. The summed E-state index contributed by atoms with van der Waals surface area (Å²) < 4.78 is 0. The summed E-state index contributed by atoms with van der Waals surface area (Å²) in [6, 6.07) is 10.1. The van der Waals surface area contributed by atoms with Gasteiger partial charge in [-0.3, -0.25) is 9.69 Å². The number of hydrogen-bond acceptors (Lipinski definition) is 2. The number of nitrogens with zero attached hydrogens (tertiary/aromatic N) is 1. The quantitative estimate of drug-likeness (QED) is 0.917. The van der Waals surface area contributed by atoms with Gasteiger partial charge in [0.2, 0.25) is 0 Å². The first-order valence-corrected chi connectivity index (χ1v) is 7.48. The summed E-state index contributed by atoms with van der Waals surface area (Å²) in [7, 11) is 0. The molecule has 1 aliphatic heterocycles. The van der Waals surface area contributed by atoms with E-state index in [1.165, 1.54) is 6.42 Å². The maximum atomic E-state index is 11.9. The molecule has 1 fully saturated rings. The van der Waals surface area contributed by atoms with Crippen LogP contribution >= 0.6 is 0 Å². The number of aliphatic carboxylic acids is 1. The molecule has 2 rings (SSSR count). The van der Waals surface area contributed by atoms with E-state index >= 15 is 0 Å². The SMILES string of the molecule is CC1CCCN(CC(C)(C(=O)O)c2ccccc2)C1C.